The lowest BCUT2D eigenvalue weighted by Gasteiger charge is -2.16. The third kappa shape index (κ3) is 3.56. The number of ketones is 1. The first-order valence-electron chi connectivity index (χ1n) is 8.30. The molecular formula is C18H20N2O5S. The molecule has 0 amide bonds. The van der Waals surface area contributed by atoms with E-state index in [4.69, 9.17) is 4.74 Å². The lowest BCUT2D eigenvalue weighted by atomic mass is 10.1. The van der Waals surface area contributed by atoms with Gasteiger partial charge in [-0.05, 0) is 31.0 Å². The van der Waals surface area contributed by atoms with E-state index in [1.807, 2.05) is 0 Å². The first kappa shape index (κ1) is 18.3. The van der Waals surface area contributed by atoms with Gasteiger partial charge in [0, 0.05) is 25.4 Å². The maximum absolute atomic E-state index is 12.7. The second-order valence-corrected chi connectivity index (χ2v) is 8.00. The maximum atomic E-state index is 12.7. The molecule has 3 rings (SSSR count). The Labute approximate surface area is 151 Å². The smallest absolute Gasteiger partial charge is 0.251 e. The van der Waals surface area contributed by atoms with Gasteiger partial charge in [0.2, 0.25) is 10.0 Å². The van der Waals surface area contributed by atoms with Gasteiger partial charge in [0.25, 0.3) is 5.56 Å². The fourth-order valence-electron chi connectivity index (χ4n) is 2.98. The van der Waals surface area contributed by atoms with Crippen molar-refractivity contribution in [3.05, 3.63) is 58.5 Å². The standard InChI is InChI=1S/C18H20N2O5S/c1-25-17-7-3-2-6-15(17)16(21)13-19-12-14(8-9-18(19)22)26(23,24)20-10-4-5-11-20/h2-3,6-9,12H,4-5,10-11,13H2,1H3. The summed E-state index contributed by atoms with van der Waals surface area (Å²) in [6.45, 7) is 0.686. The molecule has 1 aromatic heterocycles. The van der Waals surface area contributed by atoms with Crippen LogP contribution in [0.4, 0.5) is 0 Å². The Morgan fingerprint density at radius 2 is 1.81 bits per heavy atom. The first-order chi connectivity index (χ1) is 12.4. The van der Waals surface area contributed by atoms with E-state index in [0.717, 1.165) is 17.4 Å². The second-order valence-electron chi connectivity index (χ2n) is 6.07. The van der Waals surface area contributed by atoms with E-state index >= 15 is 0 Å². The van der Waals surface area contributed by atoms with Gasteiger partial charge in [0.05, 0.1) is 24.1 Å². The summed E-state index contributed by atoms with van der Waals surface area (Å²) in [7, 11) is -2.19. The molecule has 0 N–H and O–H groups in total. The Morgan fingerprint density at radius 3 is 2.50 bits per heavy atom. The zero-order chi connectivity index (χ0) is 18.7. The maximum Gasteiger partial charge on any atom is 0.251 e. The average Bonchev–Trinajstić information content (AvgIpc) is 3.19. The van der Waals surface area contributed by atoms with Crippen LogP contribution in [0.5, 0.6) is 5.75 Å². The van der Waals surface area contributed by atoms with E-state index in [1.54, 1.807) is 24.3 Å². The van der Waals surface area contributed by atoms with Crippen molar-refractivity contribution < 1.29 is 17.9 Å². The molecule has 2 aromatic rings. The van der Waals surface area contributed by atoms with Crippen LogP contribution in [0.1, 0.15) is 23.2 Å². The zero-order valence-electron chi connectivity index (χ0n) is 14.4. The van der Waals surface area contributed by atoms with Gasteiger partial charge in [-0.3, -0.25) is 9.59 Å². The monoisotopic (exact) mass is 376 g/mol. The Morgan fingerprint density at radius 1 is 1.12 bits per heavy atom. The van der Waals surface area contributed by atoms with Crippen molar-refractivity contribution in [2.24, 2.45) is 0 Å². The fourth-order valence-corrected chi connectivity index (χ4v) is 4.52. The number of para-hydroxylation sites is 1. The summed E-state index contributed by atoms with van der Waals surface area (Å²) in [5, 5.41) is 0. The number of hydrogen-bond acceptors (Lipinski definition) is 5. The van der Waals surface area contributed by atoms with Crippen LogP contribution in [-0.4, -0.2) is 43.3 Å². The molecule has 2 heterocycles. The Hall–Kier alpha value is -2.45. The fraction of sp³-hybridized carbons (Fsp3) is 0.333. The van der Waals surface area contributed by atoms with Crippen LogP contribution in [0.2, 0.25) is 0 Å². The molecule has 26 heavy (non-hydrogen) atoms. The number of rotatable bonds is 6. The average molecular weight is 376 g/mol. The van der Waals surface area contributed by atoms with Crippen molar-refractivity contribution in [2.45, 2.75) is 24.3 Å². The number of aromatic nitrogens is 1. The molecule has 0 bridgehead atoms. The number of carbonyl (C=O) groups excluding carboxylic acids is 1. The van der Waals surface area contributed by atoms with Crippen molar-refractivity contribution in [1.29, 1.82) is 0 Å². The van der Waals surface area contributed by atoms with Gasteiger partial charge in [0.1, 0.15) is 5.75 Å². The Balaban J connectivity index is 1.91. The highest BCUT2D eigenvalue weighted by Crippen LogP contribution is 2.21. The van der Waals surface area contributed by atoms with Gasteiger partial charge >= 0.3 is 0 Å². The molecule has 7 nitrogen and oxygen atoms in total. The molecule has 8 heteroatoms. The first-order valence-corrected chi connectivity index (χ1v) is 9.74. The molecule has 0 unspecified atom stereocenters. The van der Waals surface area contributed by atoms with Gasteiger partial charge in [-0.25, -0.2) is 8.42 Å². The Bertz CT molecular complexity index is 975. The van der Waals surface area contributed by atoms with Crippen LogP contribution in [0.3, 0.4) is 0 Å². The van der Waals surface area contributed by atoms with E-state index in [9.17, 15) is 18.0 Å². The third-order valence-corrected chi connectivity index (χ3v) is 6.26. The molecule has 0 radical (unpaired) electrons. The molecule has 1 aliphatic rings. The number of methoxy groups -OCH3 is 1. The van der Waals surface area contributed by atoms with Crippen molar-refractivity contribution in [3.8, 4) is 5.75 Å². The summed E-state index contributed by atoms with van der Waals surface area (Å²) in [6, 6.07) is 9.18. The normalized spacial score (nSPS) is 15.1. The van der Waals surface area contributed by atoms with Crippen molar-refractivity contribution in [3.63, 3.8) is 0 Å². The third-order valence-electron chi connectivity index (χ3n) is 4.38. The summed E-state index contributed by atoms with van der Waals surface area (Å²) in [4.78, 5) is 24.7. The van der Waals surface area contributed by atoms with Crippen LogP contribution < -0.4 is 10.3 Å². The predicted octanol–water partition coefficient (Wildman–Crippen LogP) is 1.52. The van der Waals surface area contributed by atoms with Crippen LogP contribution >= 0.6 is 0 Å². The number of carbonyl (C=O) groups is 1. The number of ether oxygens (including phenoxy) is 1. The van der Waals surface area contributed by atoms with E-state index in [-0.39, 0.29) is 17.2 Å². The van der Waals surface area contributed by atoms with Gasteiger partial charge < -0.3 is 9.30 Å². The summed E-state index contributed by atoms with van der Waals surface area (Å²) < 4.78 is 33.0. The number of nitrogens with zero attached hydrogens (tertiary/aromatic N) is 2. The zero-order valence-corrected chi connectivity index (χ0v) is 15.2. The molecule has 1 aromatic carbocycles. The molecule has 0 aliphatic carbocycles. The second kappa shape index (κ2) is 7.43. The number of sulfonamides is 1. The van der Waals surface area contributed by atoms with Crippen LogP contribution in [0.15, 0.2) is 52.3 Å². The van der Waals surface area contributed by atoms with Gasteiger partial charge in [-0.15, -0.1) is 0 Å². The minimum Gasteiger partial charge on any atom is -0.496 e. The highest BCUT2D eigenvalue weighted by Gasteiger charge is 2.27. The van der Waals surface area contributed by atoms with Crippen LogP contribution in [-0.2, 0) is 16.6 Å². The number of benzene rings is 1. The summed E-state index contributed by atoms with van der Waals surface area (Å²) in [5.41, 5.74) is -0.0941. The van der Waals surface area contributed by atoms with Crippen LogP contribution in [0, 0.1) is 0 Å². The predicted molar refractivity (Wildman–Crippen MR) is 96.0 cm³/mol. The van der Waals surface area contributed by atoms with E-state index in [1.165, 1.54) is 29.7 Å². The summed E-state index contributed by atoms with van der Waals surface area (Å²) in [6.07, 6.45) is 2.89. The molecule has 1 saturated heterocycles. The van der Waals surface area contributed by atoms with Gasteiger partial charge in [0.15, 0.2) is 5.78 Å². The van der Waals surface area contributed by atoms with E-state index < -0.39 is 15.6 Å². The number of Topliss-reactive ketones (excluding diaryl/α,β-unsaturated/α-hetero) is 1. The lowest BCUT2D eigenvalue weighted by molar-refractivity contribution is 0.0967. The molecule has 0 spiro atoms. The van der Waals surface area contributed by atoms with Crippen LogP contribution in [0.25, 0.3) is 0 Å². The molecule has 138 valence electrons. The van der Waals surface area contributed by atoms with E-state index in [2.05, 4.69) is 0 Å². The minimum atomic E-state index is -3.65. The molecular weight excluding hydrogens is 356 g/mol. The summed E-state index contributed by atoms with van der Waals surface area (Å²) in [5.74, 6) is 0.0756. The largest absolute Gasteiger partial charge is 0.496 e. The highest BCUT2D eigenvalue weighted by atomic mass is 32.2. The SMILES string of the molecule is COc1ccccc1C(=O)Cn1cc(S(=O)(=O)N2CCCC2)ccc1=O. The van der Waals surface area contributed by atoms with Gasteiger partial charge in [-0.2, -0.15) is 4.31 Å². The molecule has 1 fully saturated rings. The summed E-state index contributed by atoms with van der Waals surface area (Å²) >= 11 is 0. The van der Waals surface area contributed by atoms with E-state index in [0.29, 0.717) is 24.4 Å². The minimum absolute atomic E-state index is 0.0202. The topological polar surface area (TPSA) is 85.7 Å². The van der Waals surface area contributed by atoms with Crippen molar-refractivity contribution in [1.82, 2.24) is 8.87 Å². The van der Waals surface area contributed by atoms with Crippen molar-refractivity contribution in [2.75, 3.05) is 20.2 Å². The molecule has 0 atom stereocenters. The Kier molecular flexibility index (Phi) is 5.24. The number of hydrogen-bond donors (Lipinski definition) is 0. The molecule has 0 saturated carbocycles. The van der Waals surface area contributed by atoms with Crippen molar-refractivity contribution >= 4 is 15.8 Å². The lowest BCUT2D eigenvalue weighted by Crippen LogP contribution is -2.30. The highest BCUT2D eigenvalue weighted by molar-refractivity contribution is 7.89. The number of pyridine rings is 1. The van der Waals surface area contributed by atoms with Gasteiger partial charge in [-0.1, -0.05) is 12.1 Å². The quantitative estimate of drug-likeness (QED) is 0.714. The molecule has 1 aliphatic heterocycles.